The monoisotopic (exact) mass is 429 g/mol. The summed E-state index contributed by atoms with van der Waals surface area (Å²) in [6, 6.07) is 4.23. The normalized spacial score (nSPS) is 19.6. The van der Waals surface area contributed by atoms with Crippen LogP contribution in [0.1, 0.15) is 6.92 Å². The van der Waals surface area contributed by atoms with E-state index in [4.69, 9.17) is 4.74 Å². The van der Waals surface area contributed by atoms with E-state index in [2.05, 4.69) is 5.10 Å². The number of halogens is 1. The van der Waals surface area contributed by atoms with Gasteiger partial charge in [0, 0.05) is 20.5 Å². The summed E-state index contributed by atoms with van der Waals surface area (Å²) in [5.41, 5.74) is 0.536. The maximum absolute atomic E-state index is 14.6. The average Bonchev–Trinajstić information content (AvgIpc) is 3.00. The molecule has 13 heteroatoms. The second-order valence-electron chi connectivity index (χ2n) is 6.67. The van der Waals surface area contributed by atoms with Crippen LogP contribution in [0.3, 0.4) is 0 Å². The second kappa shape index (κ2) is 7.97. The summed E-state index contributed by atoms with van der Waals surface area (Å²) in [4.78, 5) is 45.0. The third-order valence-corrected chi connectivity index (χ3v) is 5.61. The van der Waals surface area contributed by atoms with E-state index >= 15 is 0 Å². The topological polar surface area (TPSA) is 126 Å². The van der Waals surface area contributed by atoms with Gasteiger partial charge in [-0.3, -0.25) is 14.7 Å². The van der Waals surface area contributed by atoms with Gasteiger partial charge in [0.1, 0.15) is 18.3 Å². The quantitative estimate of drug-likeness (QED) is 0.658. The first-order chi connectivity index (χ1) is 13.6. The van der Waals surface area contributed by atoms with Crippen molar-refractivity contribution in [2.75, 3.05) is 43.0 Å². The van der Waals surface area contributed by atoms with Crippen molar-refractivity contribution < 1.29 is 33.1 Å². The first-order valence-electron chi connectivity index (χ1n) is 8.70. The van der Waals surface area contributed by atoms with E-state index in [1.807, 2.05) is 7.05 Å². The third kappa shape index (κ3) is 4.66. The Morgan fingerprint density at radius 1 is 1.41 bits per heavy atom. The lowest BCUT2D eigenvalue weighted by Crippen LogP contribution is -2.36. The second-order valence-corrected chi connectivity index (χ2v) is 8.18. The van der Waals surface area contributed by atoms with Crippen LogP contribution >= 0.6 is 7.75 Å². The van der Waals surface area contributed by atoms with Crippen LogP contribution in [0.15, 0.2) is 23.3 Å². The minimum atomic E-state index is -4.84. The summed E-state index contributed by atoms with van der Waals surface area (Å²) in [5, 5.41) is 5.83. The van der Waals surface area contributed by atoms with Crippen LogP contribution in [0.4, 0.5) is 20.6 Å². The number of rotatable bonds is 5. The highest BCUT2D eigenvalue weighted by atomic mass is 31.2. The maximum Gasteiger partial charge on any atom is 0.432 e. The molecule has 3 rings (SSSR count). The molecule has 0 unspecified atom stereocenters. The zero-order valence-corrected chi connectivity index (χ0v) is 16.7. The van der Waals surface area contributed by atoms with E-state index in [1.54, 1.807) is 16.0 Å². The molecule has 11 nitrogen and oxygen atoms in total. The summed E-state index contributed by atoms with van der Waals surface area (Å²) < 4.78 is 31.5. The van der Waals surface area contributed by atoms with E-state index < -0.39 is 38.2 Å². The maximum atomic E-state index is 14.6. The van der Waals surface area contributed by atoms with Crippen molar-refractivity contribution in [1.82, 2.24) is 9.68 Å². The number of carbonyl (C=O) groups is 2. The number of nitrogens with zero attached hydrogens (tertiary/aromatic N) is 5. The number of carbonyl (C=O) groups excluding carboxylic acids is 2. The molecule has 0 radical (unpaired) electrons. The molecule has 0 aliphatic carbocycles. The molecule has 0 saturated carbocycles. The lowest BCUT2D eigenvalue weighted by molar-refractivity contribution is -0.126. The highest BCUT2D eigenvalue weighted by Crippen LogP contribution is 2.40. The van der Waals surface area contributed by atoms with Gasteiger partial charge in [-0.05, 0) is 18.2 Å². The number of ether oxygens (including phenoxy) is 1. The van der Waals surface area contributed by atoms with Crippen LogP contribution in [-0.2, 0) is 14.1 Å². The molecule has 1 aromatic rings. The zero-order chi connectivity index (χ0) is 21.3. The van der Waals surface area contributed by atoms with E-state index in [0.717, 1.165) is 11.8 Å². The van der Waals surface area contributed by atoms with Crippen molar-refractivity contribution in [2.24, 2.45) is 5.10 Å². The third-order valence-electron chi connectivity index (χ3n) is 4.53. The predicted molar refractivity (Wildman–Crippen MR) is 102 cm³/mol. The molecule has 1 aromatic carbocycles. The highest BCUT2D eigenvalue weighted by molar-refractivity contribution is 7.49. The molecule has 0 spiro atoms. The summed E-state index contributed by atoms with van der Waals surface area (Å²) in [6.45, 7) is 1.62. The first kappa shape index (κ1) is 21.0. The van der Waals surface area contributed by atoms with Gasteiger partial charge in [-0.25, -0.2) is 18.4 Å². The molecule has 2 N–H and O–H groups in total. The van der Waals surface area contributed by atoms with Crippen LogP contribution in [0.5, 0.6) is 0 Å². The Labute approximate surface area is 166 Å². The first-order valence-corrected chi connectivity index (χ1v) is 10.3. The molecule has 0 aromatic heterocycles. The molecule has 29 heavy (non-hydrogen) atoms. The molecule has 2 amide bonds. The number of likely N-dealkylation sites (N-methyl/N-ethyl adjacent to an activating group) is 1. The van der Waals surface area contributed by atoms with Crippen molar-refractivity contribution in [2.45, 2.75) is 13.0 Å². The van der Waals surface area contributed by atoms with Gasteiger partial charge in [0.05, 0.1) is 31.0 Å². The molecule has 1 atom stereocenters. The van der Waals surface area contributed by atoms with Crippen LogP contribution in [0, 0.1) is 5.82 Å². The standard InChI is InChI=1S/C16H21FN5O6P/c1-11(23)22(29(25,26)27)9-13-8-21(16(24)28-13)12-3-4-15(14(17)7-12)20-6-5-19(2)18-10-20/h3-4,7,10,13H,5-6,8-9H2,1-2H3,(H2,25,26,27)/t13-/m1/s1. The number of hydrogen-bond acceptors (Lipinski definition) is 7. The van der Waals surface area contributed by atoms with E-state index in [9.17, 15) is 28.3 Å². The van der Waals surface area contributed by atoms with Crippen molar-refractivity contribution in [3.63, 3.8) is 0 Å². The van der Waals surface area contributed by atoms with Gasteiger partial charge in [-0.15, -0.1) is 0 Å². The Hall–Kier alpha value is -2.69. The van der Waals surface area contributed by atoms with Gasteiger partial charge in [-0.2, -0.15) is 5.10 Å². The van der Waals surface area contributed by atoms with Gasteiger partial charge < -0.3 is 19.4 Å². The number of cyclic esters (lactones) is 1. The zero-order valence-electron chi connectivity index (χ0n) is 15.8. The molecular weight excluding hydrogens is 408 g/mol. The molecule has 1 saturated heterocycles. The molecule has 158 valence electrons. The highest BCUT2D eigenvalue weighted by Gasteiger charge is 2.38. The largest absolute Gasteiger partial charge is 0.442 e. The van der Waals surface area contributed by atoms with Crippen LogP contribution < -0.4 is 9.80 Å². The Bertz CT molecular complexity index is 893. The van der Waals surface area contributed by atoms with Gasteiger partial charge in [0.2, 0.25) is 5.91 Å². The summed E-state index contributed by atoms with van der Waals surface area (Å²) in [7, 11) is -3.03. The molecule has 1 fully saturated rings. The van der Waals surface area contributed by atoms with Gasteiger partial charge >= 0.3 is 13.8 Å². The Balaban J connectivity index is 1.73. The molecular formula is C16H21FN5O6P. The Kier molecular flexibility index (Phi) is 5.78. The van der Waals surface area contributed by atoms with Gasteiger partial charge in [0.15, 0.2) is 0 Å². The fraction of sp³-hybridized carbons (Fsp3) is 0.438. The van der Waals surface area contributed by atoms with Crippen molar-refractivity contribution >= 4 is 37.5 Å². The smallest absolute Gasteiger partial charge is 0.432 e. The number of hydrazone groups is 1. The number of anilines is 2. The number of benzene rings is 1. The van der Waals surface area contributed by atoms with Gasteiger partial charge in [-0.1, -0.05) is 0 Å². The lowest BCUT2D eigenvalue weighted by Gasteiger charge is -2.28. The van der Waals surface area contributed by atoms with Crippen molar-refractivity contribution in [3.05, 3.63) is 24.0 Å². The van der Waals surface area contributed by atoms with Crippen LogP contribution in [-0.4, -0.2) is 77.1 Å². The SMILES string of the molecule is CC(=O)N(C[C@H]1CN(c2ccc(N3C=NN(C)CC3)c(F)c2)C(=O)O1)P(=O)(O)O. The van der Waals surface area contributed by atoms with Crippen molar-refractivity contribution in [3.8, 4) is 0 Å². The fourth-order valence-electron chi connectivity index (χ4n) is 3.04. The minimum Gasteiger partial charge on any atom is -0.442 e. The van der Waals surface area contributed by atoms with E-state index in [-0.39, 0.29) is 12.2 Å². The number of hydrogen-bond donors (Lipinski definition) is 2. The Morgan fingerprint density at radius 2 is 2.14 bits per heavy atom. The van der Waals surface area contributed by atoms with Crippen LogP contribution in [0.2, 0.25) is 0 Å². The Morgan fingerprint density at radius 3 is 2.69 bits per heavy atom. The predicted octanol–water partition coefficient (Wildman–Crippen LogP) is 0.787. The molecule has 2 aliphatic rings. The molecule has 0 bridgehead atoms. The van der Waals surface area contributed by atoms with E-state index in [1.165, 1.54) is 18.5 Å². The minimum absolute atomic E-state index is 0.0859. The molecule has 2 aliphatic heterocycles. The van der Waals surface area contributed by atoms with Crippen molar-refractivity contribution in [1.29, 1.82) is 0 Å². The summed E-state index contributed by atoms with van der Waals surface area (Å²) in [5.74, 6) is -1.41. The van der Waals surface area contributed by atoms with Gasteiger partial charge in [0.25, 0.3) is 0 Å². The fourth-order valence-corrected chi connectivity index (χ4v) is 3.80. The molecule has 2 heterocycles. The van der Waals surface area contributed by atoms with Crippen LogP contribution in [0.25, 0.3) is 0 Å². The average molecular weight is 429 g/mol. The summed E-state index contributed by atoms with van der Waals surface area (Å²) >= 11 is 0. The summed E-state index contributed by atoms with van der Waals surface area (Å²) in [6.07, 6.45) is -0.246. The number of amides is 2. The van der Waals surface area contributed by atoms with E-state index in [0.29, 0.717) is 23.4 Å². The lowest BCUT2D eigenvalue weighted by atomic mass is 10.2.